The molecule has 0 bridgehead atoms. The first-order valence-electron chi connectivity index (χ1n) is 5.97. The first kappa shape index (κ1) is 23.5. The first-order valence-corrected chi connectivity index (χ1v) is 5.97. The molecule has 0 rings (SSSR count). The Morgan fingerprint density at radius 1 is 0.800 bits per heavy atom. The Hall–Kier alpha value is -1.46. The maximum Gasteiger partial charge on any atom is 0.384 e. The van der Waals surface area contributed by atoms with Crippen LogP contribution in [0.4, 0.5) is 52.7 Å². The summed E-state index contributed by atoms with van der Waals surface area (Å²) in [6, 6.07) is 0. The molecule has 0 aliphatic heterocycles. The van der Waals surface area contributed by atoms with E-state index in [4.69, 9.17) is 0 Å². The summed E-state index contributed by atoms with van der Waals surface area (Å²) in [5, 5.41) is 0. The average molecular weight is 399 g/mol. The minimum absolute atomic E-state index is 0.520. The zero-order valence-corrected chi connectivity index (χ0v) is 12.2. The van der Waals surface area contributed by atoms with Crippen LogP contribution in [0.2, 0.25) is 0 Å². The van der Waals surface area contributed by atoms with Gasteiger partial charge in [0.1, 0.15) is 0 Å². The lowest BCUT2D eigenvalue weighted by Gasteiger charge is -2.40. The lowest BCUT2D eigenvalue weighted by molar-refractivity contribution is -0.413. The molecule has 2 nitrogen and oxygen atoms in total. The quantitative estimate of drug-likeness (QED) is 0.323. The van der Waals surface area contributed by atoms with Crippen molar-refractivity contribution in [3.05, 3.63) is 0 Å². The molecular formula is C11H9F12NO. The molecule has 0 atom stereocenters. The fourth-order valence-electron chi connectivity index (χ4n) is 1.59. The molecule has 0 amide bonds. The van der Waals surface area contributed by atoms with E-state index in [-0.39, 0.29) is 0 Å². The van der Waals surface area contributed by atoms with E-state index in [1.165, 1.54) is 0 Å². The SMILES string of the molecule is CC(C)(CC(F)(F)C(F)(F)C(F)(F)C(F)(F)C(F)(F)C(F)F)N=C=O. The monoisotopic (exact) mass is 399 g/mol. The van der Waals surface area contributed by atoms with Crippen molar-refractivity contribution in [2.75, 3.05) is 0 Å². The van der Waals surface area contributed by atoms with Crippen LogP contribution in [-0.2, 0) is 4.79 Å². The summed E-state index contributed by atoms with van der Waals surface area (Å²) in [6.07, 6.45) is -7.39. The number of aliphatic imine (C=N–C) groups is 1. The second-order valence-electron chi connectivity index (χ2n) is 5.54. The second-order valence-corrected chi connectivity index (χ2v) is 5.54. The summed E-state index contributed by atoms with van der Waals surface area (Å²) in [5.74, 6) is -35.5. The molecule has 0 unspecified atom stereocenters. The van der Waals surface area contributed by atoms with Crippen molar-refractivity contribution in [3.63, 3.8) is 0 Å². The van der Waals surface area contributed by atoms with Gasteiger partial charge in [0.15, 0.2) is 0 Å². The van der Waals surface area contributed by atoms with E-state index in [0.29, 0.717) is 19.9 Å². The van der Waals surface area contributed by atoms with Crippen molar-refractivity contribution >= 4 is 6.08 Å². The average Bonchev–Trinajstić information content (AvgIpc) is 2.35. The van der Waals surface area contributed by atoms with Gasteiger partial charge < -0.3 is 0 Å². The van der Waals surface area contributed by atoms with Crippen LogP contribution in [0, 0.1) is 0 Å². The number of hydrogen-bond donors (Lipinski definition) is 0. The summed E-state index contributed by atoms with van der Waals surface area (Å²) in [4.78, 5) is 12.5. The van der Waals surface area contributed by atoms with Crippen LogP contribution >= 0.6 is 0 Å². The molecule has 0 aromatic rings. The van der Waals surface area contributed by atoms with Crippen molar-refractivity contribution in [3.8, 4) is 0 Å². The highest BCUT2D eigenvalue weighted by Crippen LogP contribution is 2.59. The minimum Gasteiger partial charge on any atom is -0.211 e. The largest absolute Gasteiger partial charge is 0.384 e. The van der Waals surface area contributed by atoms with Crippen LogP contribution in [0.5, 0.6) is 0 Å². The van der Waals surface area contributed by atoms with Gasteiger partial charge in [-0.05, 0) is 13.8 Å². The van der Waals surface area contributed by atoms with E-state index < -0.39 is 48.0 Å². The van der Waals surface area contributed by atoms with Gasteiger partial charge in [0, 0.05) is 6.42 Å². The van der Waals surface area contributed by atoms with E-state index >= 15 is 0 Å². The third-order valence-electron chi connectivity index (χ3n) is 2.94. The van der Waals surface area contributed by atoms with E-state index in [2.05, 4.69) is 4.99 Å². The van der Waals surface area contributed by atoms with Gasteiger partial charge in [-0.25, -0.2) is 13.6 Å². The Kier molecular flexibility index (Phi) is 5.99. The maximum absolute atomic E-state index is 13.5. The van der Waals surface area contributed by atoms with E-state index in [1.807, 2.05) is 0 Å². The minimum atomic E-state index is -7.58. The third kappa shape index (κ3) is 3.72. The second kappa shape index (κ2) is 6.36. The molecule has 0 aliphatic rings. The number of alkyl halides is 12. The fraction of sp³-hybridized carbons (Fsp3) is 0.909. The highest BCUT2D eigenvalue weighted by Gasteiger charge is 2.87. The molecule has 0 saturated heterocycles. The van der Waals surface area contributed by atoms with E-state index in [0.717, 1.165) is 0 Å². The van der Waals surface area contributed by atoms with Crippen molar-refractivity contribution in [1.82, 2.24) is 0 Å². The molecule has 0 aliphatic carbocycles. The zero-order valence-electron chi connectivity index (χ0n) is 12.2. The highest BCUT2D eigenvalue weighted by atomic mass is 19.4. The number of rotatable bonds is 8. The Morgan fingerprint density at radius 2 is 1.20 bits per heavy atom. The molecule has 0 saturated carbocycles. The number of nitrogens with zero attached hydrogens (tertiary/aromatic N) is 1. The molecule has 0 heterocycles. The molecule has 25 heavy (non-hydrogen) atoms. The summed E-state index contributed by atoms with van der Waals surface area (Å²) in [7, 11) is 0. The van der Waals surface area contributed by atoms with Gasteiger partial charge in [-0.15, -0.1) is 0 Å². The van der Waals surface area contributed by atoms with Gasteiger partial charge in [0.2, 0.25) is 6.08 Å². The van der Waals surface area contributed by atoms with E-state index in [1.54, 1.807) is 0 Å². The van der Waals surface area contributed by atoms with Gasteiger partial charge in [0.25, 0.3) is 0 Å². The Bertz CT molecular complexity index is 535. The van der Waals surface area contributed by atoms with Crippen LogP contribution in [0.25, 0.3) is 0 Å². The van der Waals surface area contributed by atoms with Gasteiger partial charge in [0.05, 0.1) is 5.54 Å². The lowest BCUT2D eigenvalue weighted by Crippen LogP contribution is -2.69. The summed E-state index contributed by atoms with van der Waals surface area (Å²) in [5.41, 5.74) is -2.54. The van der Waals surface area contributed by atoms with Gasteiger partial charge >= 0.3 is 36.0 Å². The predicted octanol–water partition coefficient (Wildman–Crippen LogP) is 4.93. The van der Waals surface area contributed by atoms with Crippen molar-refractivity contribution in [2.24, 2.45) is 4.99 Å². The Labute approximate surface area is 131 Å². The molecule has 0 N–H and O–H groups in total. The smallest absolute Gasteiger partial charge is 0.211 e. The maximum atomic E-state index is 13.5. The fourth-order valence-corrected chi connectivity index (χ4v) is 1.59. The van der Waals surface area contributed by atoms with Crippen molar-refractivity contribution in [1.29, 1.82) is 0 Å². The number of hydrogen-bond acceptors (Lipinski definition) is 2. The van der Waals surface area contributed by atoms with E-state index in [9.17, 15) is 57.5 Å². The Morgan fingerprint density at radius 3 is 1.52 bits per heavy atom. The van der Waals surface area contributed by atoms with Gasteiger partial charge in [-0.1, -0.05) is 0 Å². The van der Waals surface area contributed by atoms with Crippen LogP contribution in [0.1, 0.15) is 20.3 Å². The molecule has 14 heteroatoms. The van der Waals surface area contributed by atoms with Crippen LogP contribution < -0.4 is 0 Å². The standard InChI is InChI=1S/C11H9F12NO/c1-6(2,24-4-25)3-7(14,15)9(18,19)11(22,23)10(20,21)8(16,17)5(12)13/h5H,3H2,1-2H3. The molecule has 0 aromatic carbocycles. The van der Waals surface area contributed by atoms with Crippen molar-refractivity contribution in [2.45, 2.75) is 61.8 Å². The molecule has 0 fully saturated rings. The summed E-state index contributed by atoms with van der Waals surface area (Å²) >= 11 is 0. The van der Waals surface area contributed by atoms with Crippen molar-refractivity contribution < 1.29 is 57.5 Å². The zero-order chi connectivity index (χ0) is 20.7. The summed E-state index contributed by atoms with van der Waals surface area (Å²) in [6.45, 7) is 1.04. The molecule has 0 spiro atoms. The molecule has 148 valence electrons. The van der Waals surface area contributed by atoms with Gasteiger partial charge in [-0.3, -0.25) is 0 Å². The van der Waals surface area contributed by atoms with Gasteiger partial charge in [-0.2, -0.15) is 48.9 Å². The number of isocyanates is 1. The lowest BCUT2D eigenvalue weighted by atomic mass is 9.87. The molecule has 0 aromatic heterocycles. The molecular weight excluding hydrogens is 390 g/mol. The Balaban J connectivity index is 6.16. The normalized spacial score (nSPS) is 15.3. The number of halogens is 12. The number of carbonyl (C=O) groups excluding carboxylic acids is 1. The van der Waals surface area contributed by atoms with Crippen LogP contribution in [-0.4, -0.2) is 47.7 Å². The van der Waals surface area contributed by atoms with Crippen LogP contribution in [0.3, 0.4) is 0 Å². The predicted molar refractivity (Wildman–Crippen MR) is 57.6 cm³/mol. The van der Waals surface area contributed by atoms with Crippen LogP contribution in [0.15, 0.2) is 4.99 Å². The third-order valence-corrected chi connectivity index (χ3v) is 2.94. The summed E-state index contributed by atoms with van der Waals surface area (Å²) < 4.78 is 155. The highest BCUT2D eigenvalue weighted by molar-refractivity contribution is 5.34. The molecule has 0 radical (unpaired) electrons. The topological polar surface area (TPSA) is 29.4 Å². The first-order chi connectivity index (χ1) is 10.7.